The first kappa shape index (κ1) is 32.6. The van der Waals surface area contributed by atoms with E-state index < -0.39 is 23.2 Å². The quantitative estimate of drug-likeness (QED) is 0.115. The number of fused-ring (bicyclic) bond motifs is 2. The highest BCUT2D eigenvalue weighted by atomic mass is 32.1. The summed E-state index contributed by atoms with van der Waals surface area (Å²) in [7, 11) is 3.03. The SMILES string of the molecule is [B]NPOC(=O)C1=C(COc2cccc3c(NCc4nccs4)cccc23)[C@H](C)[C@@H]2[C@@H]([C@@H](C)O[Si](CC)(CC)CC)C(=O)N12. The number of thiazole rings is 1. The second-order valence-electron chi connectivity index (χ2n) is 11.3. The maximum absolute atomic E-state index is 13.7. The van der Waals surface area contributed by atoms with Gasteiger partial charge < -0.3 is 28.9 Å². The zero-order valence-electron chi connectivity index (χ0n) is 25.9. The lowest BCUT2D eigenvalue weighted by Crippen LogP contribution is -2.65. The van der Waals surface area contributed by atoms with Crippen LogP contribution in [-0.4, -0.2) is 56.8 Å². The first-order chi connectivity index (χ1) is 21.3. The fourth-order valence-electron chi connectivity index (χ4n) is 6.63. The molecular weight excluding hydrogens is 610 g/mol. The lowest BCUT2D eigenvalue weighted by atomic mass is 9.78. The van der Waals surface area contributed by atoms with Gasteiger partial charge in [0.25, 0.3) is 0 Å². The van der Waals surface area contributed by atoms with Crippen molar-refractivity contribution in [2.45, 2.75) is 71.4 Å². The highest BCUT2D eigenvalue weighted by Gasteiger charge is 2.61. The number of ether oxygens (including phenoxy) is 1. The number of nitrogens with zero attached hydrogens (tertiary/aromatic N) is 2. The molecule has 0 bridgehead atoms. The molecule has 2 radical (unpaired) electrons. The molecule has 2 aromatic carbocycles. The zero-order chi connectivity index (χ0) is 31.4. The summed E-state index contributed by atoms with van der Waals surface area (Å²) < 4.78 is 18.6. The van der Waals surface area contributed by atoms with Crippen molar-refractivity contribution in [2.75, 3.05) is 11.9 Å². The van der Waals surface area contributed by atoms with Gasteiger partial charge in [0.15, 0.2) is 16.3 Å². The van der Waals surface area contributed by atoms with E-state index in [1.165, 1.54) is 0 Å². The van der Waals surface area contributed by atoms with Gasteiger partial charge in [0.2, 0.25) is 5.91 Å². The molecule has 1 unspecified atom stereocenters. The standard InChI is InChI=1S/C31H40BN4O5PSSi/c1-6-44(7-2,8-3)41-20(5)27-28-19(4)23(29(36(28)30(27)37)31(38)40-42-35-32)18-39-25-14-10-11-21-22(25)12-9-13-24(21)34-17-26-33-15-16-43-26/h9-16,19-20,27-28,34-35,42H,6-8,17-18H2,1-5H3/t19-,20+,27+,28+/m0/s1. The van der Waals surface area contributed by atoms with Crippen molar-refractivity contribution in [3.63, 3.8) is 0 Å². The van der Waals surface area contributed by atoms with Crippen molar-refractivity contribution in [1.29, 1.82) is 0 Å². The van der Waals surface area contributed by atoms with Crippen LogP contribution < -0.4 is 15.1 Å². The first-order valence-electron chi connectivity index (χ1n) is 15.2. The van der Waals surface area contributed by atoms with Gasteiger partial charge in [0.1, 0.15) is 32.0 Å². The number of benzene rings is 2. The van der Waals surface area contributed by atoms with E-state index in [9.17, 15) is 9.59 Å². The molecule has 0 aliphatic carbocycles. The molecule has 44 heavy (non-hydrogen) atoms. The van der Waals surface area contributed by atoms with Crippen LogP contribution in [-0.2, 0) is 25.1 Å². The van der Waals surface area contributed by atoms with Crippen molar-refractivity contribution in [3.05, 3.63) is 64.3 Å². The Morgan fingerprint density at radius 3 is 2.57 bits per heavy atom. The Labute approximate surface area is 267 Å². The molecule has 9 nitrogen and oxygen atoms in total. The summed E-state index contributed by atoms with van der Waals surface area (Å²) in [6.45, 7) is 11.4. The lowest BCUT2D eigenvalue weighted by molar-refractivity contribution is -0.161. The van der Waals surface area contributed by atoms with Crippen LogP contribution in [0.5, 0.6) is 5.75 Å². The van der Waals surface area contributed by atoms with Crippen molar-refractivity contribution < 1.29 is 23.3 Å². The van der Waals surface area contributed by atoms with Crippen LogP contribution >= 0.6 is 20.3 Å². The van der Waals surface area contributed by atoms with Gasteiger partial charge in [0.05, 0.1) is 24.6 Å². The van der Waals surface area contributed by atoms with E-state index in [-0.39, 0.29) is 42.2 Å². The molecule has 1 fully saturated rings. The molecular formula is C31H40BN4O5PSSi. The van der Waals surface area contributed by atoms with Crippen LogP contribution in [0.2, 0.25) is 18.1 Å². The van der Waals surface area contributed by atoms with Gasteiger partial charge >= 0.3 is 5.97 Å². The third kappa shape index (κ3) is 6.20. The third-order valence-corrected chi connectivity index (χ3v) is 15.2. The van der Waals surface area contributed by atoms with Crippen LogP contribution in [0.15, 0.2) is 59.2 Å². The van der Waals surface area contributed by atoms with Crippen molar-refractivity contribution in [1.82, 2.24) is 14.9 Å². The van der Waals surface area contributed by atoms with E-state index in [4.69, 9.17) is 21.7 Å². The van der Waals surface area contributed by atoms with Crippen LogP contribution in [0, 0.1) is 11.8 Å². The second-order valence-corrected chi connectivity index (χ2v) is 17.7. The number of hydrogen-bond acceptors (Lipinski definition) is 9. The van der Waals surface area contributed by atoms with Gasteiger partial charge in [-0.1, -0.05) is 52.0 Å². The fraction of sp³-hybridized carbons (Fsp3) is 0.452. The predicted octanol–water partition coefficient (Wildman–Crippen LogP) is 6.15. The van der Waals surface area contributed by atoms with E-state index in [0.717, 1.165) is 45.2 Å². The first-order valence-corrected chi connectivity index (χ1v) is 19.5. The monoisotopic (exact) mass is 650 g/mol. The van der Waals surface area contributed by atoms with Gasteiger partial charge in [-0.05, 0) is 37.2 Å². The number of nitrogens with one attached hydrogen (secondary N) is 2. The number of carbonyl (C=O) groups excluding carboxylic acids is 2. The van der Waals surface area contributed by atoms with Crippen LogP contribution in [0.3, 0.4) is 0 Å². The minimum absolute atomic E-state index is 0.104. The Balaban J connectivity index is 1.39. The fourth-order valence-corrected chi connectivity index (χ4v) is 10.4. The molecule has 1 amide bonds. The van der Waals surface area contributed by atoms with Crippen LogP contribution in [0.1, 0.15) is 39.6 Å². The molecule has 3 heterocycles. The molecule has 1 saturated heterocycles. The molecule has 3 aromatic rings. The van der Waals surface area contributed by atoms with Gasteiger partial charge in [-0.2, -0.15) is 0 Å². The molecule has 0 saturated carbocycles. The molecule has 13 heteroatoms. The van der Waals surface area contributed by atoms with E-state index in [1.54, 1.807) is 22.4 Å². The predicted molar refractivity (Wildman–Crippen MR) is 180 cm³/mol. The summed E-state index contributed by atoms with van der Waals surface area (Å²) >= 11 is 1.61. The number of aromatic nitrogens is 1. The lowest BCUT2D eigenvalue weighted by Gasteiger charge is -2.49. The summed E-state index contributed by atoms with van der Waals surface area (Å²) in [6, 6.07) is 14.8. The Morgan fingerprint density at radius 2 is 1.89 bits per heavy atom. The molecule has 232 valence electrons. The van der Waals surface area contributed by atoms with E-state index in [2.05, 4.69) is 49.1 Å². The number of rotatable bonds is 15. The summed E-state index contributed by atoms with van der Waals surface area (Å²) in [6.07, 6.45) is 1.56. The summed E-state index contributed by atoms with van der Waals surface area (Å²) in [4.78, 5) is 35.3. The maximum Gasteiger partial charge on any atom is 0.358 e. The molecule has 5 rings (SSSR count). The van der Waals surface area contributed by atoms with Crippen molar-refractivity contribution in [2.24, 2.45) is 11.8 Å². The van der Waals surface area contributed by atoms with Crippen molar-refractivity contribution >= 4 is 64.9 Å². The van der Waals surface area contributed by atoms with Gasteiger partial charge in [-0.15, -0.1) is 11.3 Å². The van der Waals surface area contributed by atoms with Gasteiger partial charge in [-0.3, -0.25) is 4.79 Å². The largest absolute Gasteiger partial charge is 0.488 e. The molecule has 2 aliphatic heterocycles. The Kier molecular flexibility index (Phi) is 10.5. The van der Waals surface area contributed by atoms with E-state index in [1.807, 2.05) is 42.6 Å². The summed E-state index contributed by atoms with van der Waals surface area (Å²) in [5, 5.41) is 8.42. The molecule has 2 aliphatic rings. The Bertz CT molecular complexity index is 1510. The maximum atomic E-state index is 13.7. The second kappa shape index (κ2) is 14.1. The van der Waals surface area contributed by atoms with E-state index in [0.29, 0.717) is 12.3 Å². The topological polar surface area (TPSA) is 102 Å². The number of hydrogen-bond donors (Lipinski definition) is 2. The number of carbonyl (C=O) groups is 2. The Hall–Kier alpha value is -2.76. The number of β-lactam (4-membered cyclic amide) rings is 1. The summed E-state index contributed by atoms with van der Waals surface area (Å²) in [5.74, 6) is -0.446. The average Bonchev–Trinajstić information content (AvgIpc) is 3.65. The summed E-state index contributed by atoms with van der Waals surface area (Å²) in [5.41, 5.74) is 1.98. The molecule has 5 atom stereocenters. The molecule has 1 aromatic heterocycles. The highest BCUT2D eigenvalue weighted by Crippen LogP contribution is 2.49. The minimum atomic E-state index is -1.94. The third-order valence-electron chi connectivity index (χ3n) is 9.25. The smallest absolute Gasteiger partial charge is 0.358 e. The zero-order valence-corrected chi connectivity index (χ0v) is 28.7. The average molecular weight is 651 g/mol. The van der Waals surface area contributed by atoms with E-state index >= 15 is 0 Å². The number of amides is 1. The van der Waals surface area contributed by atoms with Gasteiger partial charge in [-0.25, -0.2) is 9.78 Å². The molecule has 0 spiro atoms. The van der Waals surface area contributed by atoms with Crippen LogP contribution in [0.4, 0.5) is 5.69 Å². The Morgan fingerprint density at radius 1 is 1.16 bits per heavy atom. The molecule has 2 N–H and O–H groups in total. The normalized spacial score (nSPS) is 20.7. The van der Waals surface area contributed by atoms with Gasteiger partial charge in [0, 0.05) is 39.5 Å². The van der Waals surface area contributed by atoms with Crippen molar-refractivity contribution in [3.8, 4) is 5.75 Å². The number of anilines is 1. The minimum Gasteiger partial charge on any atom is -0.488 e. The highest BCUT2D eigenvalue weighted by molar-refractivity contribution is 7.32. The van der Waals surface area contributed by atoms with Crippen LogP contribution in [0.25, 0.3) is 10.8 Å².